The van der Waals surface area contributed by atoms with Crippen LogP contribution < -0.4 is 5.32 Å². The molecule has 0 aliphatic heterocycles. The van der Waals surface area contributed by atoms with Crippen LogP contribution in [-0.4, -0.2) is 23.4 Å². The van der Waals surface area contributed by atoms with Gasteiger partial charge in [-0.1, -0.05) is 43.2 Å². The van der Waals surface area contributed by atoms with E-state index in [2.05, 4.69) is 21.8 Å². The molecule has 0 aromatic carbocycles. The van der Waals surface area contributed by atoms with Gasteiger partial charge in [0.2, 0.25) is 0 Å². The summed E-state index contributed by atoms with van der Waals surface area (Å²) in [5, 5.41) is 4.30. The zero-order valence-corrected chi connectivity index (χ0v) is 18.4. The van der Waals surface area contributed by atoms with Crippen LogP contribution in [0.25, 0.3) is 5.65 Å². The highest BCUT2D eigenvalue weighted by Gasteiger charge is 2.36. The molecule has 3 aromatic rings. The van der Waals surface area contributed by atoms with Crippen molar-refractivity contribution >= 4 is 42.6 Å². The zero-order chi connectivity index (χ0) is 21.4. The van der Waals surface area contributed by atoms with Gasteiger partial charge in [0, 0.05) is 16.6 Å². The number of alkyl halides is 3. The molecule has 152 valence electrons. The summed E-state index contributed by atoms with van der Waals surface area (Å²) >= 11 is 7.68. The molecule has 0 aliphatic rings. The van der Waals surface area contributed by atoms with E-state index in [9.17, 15) is 18.0 Å². The Morgan fingerprint density at radius 2 is 2.10 bits per heavy atom. The van der Waals surface area contributed by atoms with E-state index < -0.39 is 31.4 Å². The maximum atomic E-state index is 13.6. The second kappa shape index (κ2) is 7.86. The normalized spacial score (nSPS) is 12.0. The number of nitrogens with zero attached hydrogens (tertiary/aromatic N) is 2. The molecule has 0 fully saturated rings. The number of rotatable bonds is 3. The number of fused-ring (bicyclic) bond motifs is 1. The molecule has 0 saturated heterocycles. The molecular weight excluding hydrogens is 439 g/mol. The van der Waals surface area contributed by atoms with Crippen molar-refractivity contribution in [1.29, 1.82) is 0 Å². The zero-order valence-electron chi connectivity index (χ0n) is 15.8. The summed E-state index contributed by atoms with van der Waals surface area (Å²) in [6.45, 7) is 6.20. The van der Waals surface area contributed by atoms with Gasteiger partial charge in [0.25, 0.3) is 5.91 Å². The molecular formula is C19H17ClF3N3OSSi. The number of amides is 1. The van der Waals surface area contributed by atoms with Crippen LogP contribution in [0.1, 0.15) is 26.5 Å². The Labute approximate surface area is 175 Å². The van der Waals surface area contributed by atoms with Gasteiger partial charge in [-0.3, -0.25) is 9.20 Å². The Balaban J connectivity index is 2.06. The van der Waals surface area contributed by atoms with Crippen LogP contribution in [0.2, 0.25) is 24.8 Å². The van der Waals surface area contributed by atoms with E-state index in [4.69, 9.17) is 11.6 Å². The molecule has 4 nitrogen and oxygen atoms in total. The van der Waals surface area contributed by atoms with Crippen LogP contribution in [-0.2, 0) is 12.7 Å². The van der Waals surface area contributed by atoms with Gasteiger partial charge in [0.15, 0.2) is 11.3 Å². The van der Waals surface area contributed by atoms with Crippen molar-refractivity contribution in [1.82, 2.24) is 14.7 Å². The van der Waals surface area contributed by atoms with Gasteiger partial charge in [0.1, 0.15) is 18.8 Å². The van der Waals surface area contributed by atoms with Crippen LogP contribution in [0.4, 0.5) is 13.2 Å². The number of aromatic nitrogens is 2. The summed E-state index contributed by atoms with van der Waals surface area (Å²) < 4.78 is 41.9. The average molecular weight is 456 g/mol. The Hall–Kier alpha value is -2.28. The predicted octanol–water partition coefficient (Wildman–Crippen LogP) is 5.23. The molecule has 3 aromatic heterocycles. The van der Waals surface area contributed by atoms with E-state index in [-0.39, 0.29) is 23.0 Å². The fourth-order valence-electron chi connectivity index (χ4n) is 2.46. The van der Waals surface area contributed by atoms with Gasteiger partial charge in [-0.05, 0) is 17.5 Å². The maximum absolute atomic E-state index is 13.6. The first-order valence-corrected chi connectivity index (χ1v) is 13.3. The molecule has 0 saturated carbocycles. The molecule has 0 radical (unpaired) electrons. The lowest BCUT2D eigenvalue weighted by atomic mass is 10.2. The molecule has 0 spiro atoms. The fraction of sp³-hybridized carbons (Fsp3) is 0.263. The van der Waals surface area contributed by atoms with E-state index in [0.29, 0.717) is 0 Å². The predicted molar refractivity (Wildman–Crippen MR) is 111 cm³/mol. The molecule has 0 atom stereocenters. The van der Waals surface area contributed by atoms with Crippen molar-refractivity contribution in [2.45, 2.75) is 32.4 Å². The molecule has 3 rings (SSSR count). The summed E-state index contributed by atoms with van der Waals surface area (Å²) in [6.07, 6.45) is -3.29. The molecule has 0 aliphatic carbocycles. The summed E-state index contributed by atoms with van der Waals surface area (Å²) in [5.41, 5.74) is 1.52. The highest BCUT2D eigenvalue weighted by atomic mass is 35.5. The monoisotopic (exact) mass is 455 g/mol. The third-order valence-electron chi connectivity index (χ3n) is 3.77. The van der Waals surface area contributed by atoms with Crippen molar-refractivity contribution in [3.05, 3.63) is 56.6 Å². The van der Waals surface area contributed by atoms with Crippen LogP contribution in [0.3, 0.4) is 0 Å². The number of hydrogen-bond donors (Lipinski definition) is 1. The van der Waals surface area contributed by atoms with Gasteiger partial charge in [-0.15, -0.1) is 16.9 Å². The third kappa shape index (κ3) is 5.01. The fourth-order valence-corrected chi connectivity index (χ4v) is 3.88. The number of pyridine rings is 1. The minimum absolute atomic E-state index is 0.164. The molecule has 1 amide bonds. The Morgan fingerprint density at radius 1 is 1.38 bits per heavy atom. The lowest BCUT2D eigenvalue weighted by Gasteiger charge is -2.09. The maximum Gasteiger partial charge on any atom is 0.420 e. The SMILES string of the molecule is C[Si](C)(C)C#Cc1cc(C(F)(F)F)c2nc(C(=O)NCc3cccs3)c(Cl)n2c1. The molecule has 1 N–H and O–H groups in total. The first-order chi connectivity index (χ1) is 13.5. The summed E-state index contributed by atoms with van der Waals surface area (Å²) in [4.78, 5) is 17.3. The number of nitrogens with one attached hydrogen (secondary N) is 1. The molecule has 29 heavy (non-hydrogen) atoms. The van der Waals surface area contributed by atoms with E-state index >= 15 is 0 Å². The molecule has 3 heterocycles. The van der Waals surface area contributed by atoms with E-state index in [1.807, 2.05) is 37.2 Å². The van der Waals surface area contributed by atoms with Crippen LogP contribution in [0.15, 0.2) is 29.8 Å². The van der Waals surface area contributed by atoms with E-state index in [0.717, 1.165) is 15.3 Å². The van der Waals surface area contributed by atoms with Crippen molar-refractivity contribution in [3.8, 4) is 11.5 Å². The number of carbonyl (C=O) groups is 1. The first-order valence-electron chi connectivity index (χ1n) is 8.58. The van der Waals surface area contributed by atoms with Crippen molar-refractivity contribution in [2.75, 3.05) is 0 Å². The Kier molecular flexibility index (Phi) is 5.81. The first kappa shape index (κ1) is 21.4. The second-order valence-electron chi connectivity index (χ2n) is 7.35. The quantitative estimate of drug-likeness (QED) is 0.434. The molecule has 0 unspecified atom stereocenters. The summed E-state index contributed by atoms with van der Waals surface area (Å²) in [6, 6.07) is 4.61. The van der Waals surface area contributed by atoms with Crippen LogP contribution in [0.5, 0.6) is 0 Å². The number of thiophene rings is 1. The van der Waals surface area contributed by atoms with Crippen LogP contribution >= 0.6 is 22.9 Å². The highest BCUT2D eigenvalue weighted by Crippen LogP contribution is 2.34. The van der Waals surface area contributed by atoms with Gasteiger partial charge >= 0.3 is 6.18 Å². The van der Waals surface area contributed by atoms with E-state index in [1.54, 1.807) is 0 Å². The van der Waals surface area contributed by atoms with Crippen molar-refractivity contribution in [2.24, 2.45) is 0 Å². The summed E-state index contributed by atoms with van der Waals surface area (Å²) in [5.74, 6) is 2.16. The lowest BCUT2D eigenvalue weighted by molar-refractivity contribution is -0.136. The highest BCUT2D eigenvalue weighted by molar-refractivity contribution is 7.09. The van der Waals surface area contributed by atoms with Crippen molar-refractivity contribution < 1.29 is 18.0 Å². The molecule has 10 heteroatoms. The largest absolute Gasteiger partial charge is 0.420 e. The Morgan fingerprint density at radius 3 is 2.69 bits per heavy atom. The number of imidazole rings is 1. The summed E-state index contributed by atoms with van der Waals surface area (Å²) in [7, 11) is -1.80. The third-order valence-corrected chi connectivity index (χ3v) is 5.88. The van der Waals surface area contributed by atoms with Gasteiger partial charge < -0.3 is 5.32 Å². The molecule has 0 bridgehead atoms. The Bertz CT molecular complexity index is 1120. The van der Waals surface area contributed by atoms with Gasteiger partial charge in [-0.25, -0.2) is 4.98 Å². The minimum atomic E-state index is -4.67. The van der Waals surface area contributed by atoms with Crippen LogP contribution in [0, 0.1) is 11.5 Å². The number of hydrogen-bond acceptors (Lipinski definition) is 3. The average Bonchev–Trinajstić information content (AvgIpc) is 3.24. The standard InChI is InChI=1S/C19H17ClF3N3OSSi/c1-29(2,3)8-6-12-9-14(19(21,22)23)17-25-15(16(20)26(17)11-12)18(27)24-10-13-5-4-7-28-13/h4-5,7,9,11H,10H2,1-3H3,(H,24,27). The topological polar surface area (TPSA) is 46.4 Å². The smallest absolute Gasteiger partial charge is 0.346 e. The van der Waals surface area contributed by atoms with Crippen molar-refractivity contribution in [3.63, 3.8) is 0 Å². The van der Waals surface area contributed by atoms with Gasteiger partial charge in [-0.2, -0.15) is 13.2 Å². The van der Waals surface area contributed by atoms with Gasteiger partial charge in [0.05, 0.1) is 6.54 Å². The number of carbonyl (C=O) groups excluding carboxylic acids is 1. The van der Waals surface area contributed by atoms with E-state index in [1.165, 1.54) is 17.5 Å². The lowest BCUT2D eigenvalue weighted by Crippen LogP contribution is -2.23. The minimum Gasteiger partial charge on any atom is -0.346 e. The number of halogens is 4. The second-order valence-corrected chi connectivity index (χ2v) is 13.5.